The smallest absolute Gasteiger partial charge is 0.0597 e. The van der Waals surface area contributed by atoms with E-state index in [0.29, 0.717) is 18.2 Å². The van der Waals surface area contributed by atoms with Crippen LogP contribution in [0.3, 0.4) is 0 Å². The van der Waals surface area contributed by atoms with Gasteiger partial charge in [0.15, 0.2) is 0 Å². The van der Waals surface area contributed by atoms with Gasteiger partial charge in [0.05, 0.1) is 12.7 Å². The summed E-state index contributed by atoms with van der Waals surface area (Å²) < 4.78 is 5.99. The molecule has 1 heterocycles. The maximum absolute atomic E-state index is 5.99. The molecule has 0 amide bonds. The number of ether oxygens (including phenoxy) is 1. The average molecular weight is 254 g/mol. The minimum atomic E-state index is 0.563. The monoisotopic (exact) mass is 254 g/mol. The molecule has 106 valence electrons. The summed E-state index contributed by atoms with van der Waals surface area (Å²) in [4.78, 5) is 2.60. The molecule has 18 heavy (non-hydrogen) atoms. The van der Waals surface area contributed by atoms with E-state index in [-0.39, 0.29) is 0 Å². The van der Waals surface area contributed by atoms with Crippen LogP contribution in [0.1, 0.15) is 46.0 Å². The predicted molar refractivity (Wildman–Crippen MR) is 75.9 cm³/mol. The molecule has 3 nitrogen and oxygen atoms in total. The van der Waals surface area contributed by atoms with Crippen molar-refractivity contribution in [3.05, 3.63) is 0 Å². The molecule has 0 aromatic carbocycles. The number of piperidine rings is 1. The SMILES string of the molecule is CNC1CCN(CCOC2CCCC2)C(C)C1C. The molecule has 3 atom stereocenters. The van der Waals surface area contributed by atoms with Gasteiger partial charge in [0.2, 0.25) is 0 Å². The highest BCUT2D eigenvalue weighted by Crippen LogP contribution is 2.24. The predicted octanol–water partition coefficient (Wildman–Crippen LogP) is 2.26. The third-order valence-electron chi connectivity index (χ3n) is 5.10. The second kappa shape index (κ2) is 6.88. The van der Waals surface area contributed by atoms with E-state index in [1.807, 2.05) is 0 Å². The van der Waals surface area contributed by atoms with Crippen LogP contribution >= 0.6 is 0 Å². The van der Waals surface area contributed by atoms with Gasteiger partial charge in [0, 0.05) is 25.2 Å². The zero-order valence-corrected chi connectivity index (χ0v) is 12.3. The van der Waals surface area contributed by atoms with Crippen molar-refractivity contribution in [2.45, 2.75) is 64.1 Å². The first-order valence-electron chi connectivity index (χ1n) is 7.75. The molecule has 2 fully saturated rings. The van der Waals surface area contributed by atoms with Crippen molar-refractivity contribution in [1.82, 2.24) is 10.2 Å². The number of nitrogens with one attached hydrogen (secondary N) is 1. The Bertz CT molecular complexity index is 241. The van der Waals surface area contributed by atoms with Crippen molar-refractivity contribution in [1.29, 1.82) is 0 Å². The van der Waals surface area contributed by atoms with Gasteiger partial charge in [-0.25, -0.2) is 0 Å². The van der Waals surface area contributed by atoms with Crippen LogP contribution in [-0.4, -0.2) is 49.8 Å². The molecule has 0 aromatic heterocycles. The molecule has 1 saturated heterocycles. The third-order valence-corrected chi connectivity index (χ3v) is 5.10. The van der Waals surface area contributed by atoms with Crippen LogP contribution < -0.4 is 5.32 Å². The van der Waals surface area contributed by atoms with Gasteiger partial charge in [-0.1, -0.05) is 19.8 Å². The van der Waals surface area contributed by atoms with Crippen LogP contribution in [0.4, 0.5) is 0 Å². The Kier molecular flexibility index (Phi) is 5.46. The summed E-state index contributed by atoms with van der Waals surface area (Å²) in [5.41, 5.74) is 0. The quantitative estimate of drug-likeness (QED) is 0.814. The summed E-state index contributed by atoms with van der Waals surface area (Å²) in [6.45, 7) is 7.98. The molecular weight excluding hydrogens is 224 g/mol. The number of nitrogens with zero attached hydrogens (tertiary/aromatic N) is 1. The molecule has 3 unspecified atom stereocenters. The Morgan fingerprint density at radius 2 is 1.89 bits per heavy atom. The molecule has 0 radical (unpaired) electrons. The average Bonchev–Trinajstić information content (AvgIpc) is 2.88. The summed E-state index contributed by atoms with van der Waals surface area (Å²) in [7, 11) is 2.09. The van der Waals surface area contributed by atoms with E-state index in [2.05, 4.69) is 31.1 Å². The zero-order chi connectivity index (χ0) is 13.0. The Labute approximate surface area is 112 Å². The standard InChI is InChI=1S/C15H30N2O/c1-12-13(2)17(9-8-15(12)16-3)10-11-18-14-6-4-5-7-14/h12-16H,4-11H2,1-3H3. The van der Waals surface area contributed by atoms with Gasteiger partial charge < -0.3 is 10.1 Å². The minimum absolute atomic E-state index is 0.563. The van der Waals surface area contributed by atoms with Crippen molar-refractivity contribution < 1.29 is 4.74 Å². The lowest BCUT2D eigenvalue weighted by molar-refractivity contribution is 0.0144. The topological polar surface area (TPSA) is 24.5 Å². The summed E-state index contributed by atoms with van der Waals surface area (Å²) in [6, 6.07) is 1.36. The van der Waals surface area contributed by atoms with Crippen LogP contribution in [0.15, 0.2) is 0 Å². The van der Waals surface area contributed by atoms with E-state index in [1.165, 1.54) is 38.6 Å². The molecule has 1 aliphatic heterocycles. The van der Waals surface area contributed by atoms with Gasteiger partial charge in [-0.2, -0.15) is 0 Å². The van der Waals surface area contributed by atoms with Gasteiger partial charge >= 0.3 is 0 Å². The first-order chi connectivity index (χ1) is 8.72. The summed E-state index contributed by atoms with van der Waals surface area (Å²) >= 11 is 0. The Morgan fingerprint density at radius 3 is 2.56 bits per heavy atom. The van der Waals surface area contributed by atoms with E-state index in [4.69, 9.17) is 4.74 Å². The highest BCUT2D eigenvalue weighted by molar-refractivity contribution is 4.87. The van der Waals surface area contributed by atoms with Gasteiger partial charge in [0.25, 0.3) is 0 Å². The van der Waals surface area contributed by atoms with Gasteiger partial charge in [-0.05, 0) is 39.2 Å². The molecule has 3 heteroatoms. The van der Waals surface area contributed by atoms with Crippen LogP contribution in [-0.2, 0) is 4.74 Å². The molecular formula is C15H30N2O. The fraction of sp³-hybridized carbons (Fsp3) is 1.00. The lowest BCUT2D eigenvalue weighted by atomic mass is 9.87. The maximum atomic E-state index is 5.99. The van der Waals surface area contributed by atoms with E-state index < -0.39 is 0 Å². The molecule has 0 bridgehead atoms. The molecule has 1 N–H and O–H groups in total. The van der Waals surface area contributed by atoms with Gasteiger partial charge in [-0.15, -0.1) is 0 Å². The summed E-state index contributed by atoms with van der Waals surface area (Å²) in [5, 5.41) is 3.45. The lowest BCUT2D eigenvalue weighted by Gasteiger charge is -2.42. The van der Waals surface area contributed by atoms with Crippen LogP contribution in [0.2, 0.25) is 0 Å². The number of hydrogen-bond donors (Lipinski definition) is 1. The first kappa shape index (κ1) is 14.3. The Morgan fingerprint density at radius 1 is 1.17 bits per heavy atom. The van der Waals surface area contributed by atoms with Crippen LogP contribution in [0.25, 0.3) is 0 Å². The number of rotatable bonds is 5. The molecule has 1 aliphatic carbocycles. The zero-order valence-electron chi connectivity index (χ0n) is 12.3. The van der Waals surface area contributed by atoms with Crippen LogP contribution in [0.5, 0.6) is 0 Å². The number of hydrogen-bond acceptors (Lipinski definition) is 3. The highest BCUT2D eigenvalue weighted by Gasteiger charge is 2.31. The van der Waals surface area contributed by atoms with Crippen molar-refractivity contribution >= 4 is 0 Å². The summed E-state index contributed by atoms with van der Waals surface area (Å²) in [6.07, 6.45) is 7.14. The van der Waals surface area contributed by atoms with Crippen molar-refractivity contribution in [2.24, 2.45) is 5.92 Å². The lowest BCUT2D eigenvalue weighted by Crippen LogP contribution is -2.53. The third kappa shape index (κ3) is 3.46. The fourth-order valence-electron chi connectivity index (χ4n) is 3.55. The molecule has 2 aliphatic rings. The Balaban J connectivity index is 1.69. The van der Waals surface area contributed by atoms with Gasteiger partial charge in [0.1, 0.15) is 0 Å². The second-order valence-electron chi connectivity index (χ2n) is 6.10. The van der Waals surface area contributed by atoms with Crippen molar-refractivity contribution in [3.63, 3.8) is 0 Å². The number of likely N-dealkylation sites (tertiary alicyclic amines) is 1. The van der Waals surface area contributed by atoms with E-state index in [0.717, 1.165) is 19.1 Å². The Hall–Kier alpha value is -0.120. The largest absolute Gasteiger partial charge is 0.377 e. The summed E-state index contributed by atoms with van der Waals surface area (Å²) in [5.74, 6) is 0.732. The van der Waals surface area contributed by atoms with Gasteiger partial charge in [-0.3, -0.25) is 4.90 Å². The van der Waals surface area contributed by atoms with Crippen LogP contribution in [0, 0.1) is 5.92 Å². The fourth-order valence-corrected chi connectivity index (χ4v) is 3.55. The van der Waals surface area contributed by atoms with E-state index in [9.17, 15) is 0 Å². The van der Waals surface area contributed by atoms with Crippen molar-refractivity contribution in [3.8, 4) is 0 Å². The maximum Gasteiger partial charge on any atom is 0.0597 e. The highest BCUT2D eigenvalue weighted by atomic mass is 16.5. The first-order valence-corrected chi connectivity index (χ1v) is 7.75. The van der Waals surface area contributed by atoms with Crippen molar-refractivity contribution in [2.75, 3.05) is 26.7 Å². The second-order valence-corrected chi connectivity index (χ2v) is 6.10. The normalized spacial score (nSPS) is 35.2. The molecule has 1 saturated carbocycles. The van der Waals surface area contributed by atoms with E-state index in [1.54, 1.807) is 0 Å². The minimum Gasteiger partial charge on any atom is -0.377 e. The van der Waals surface area contributed by atoms with E-state index >= 15 is 0 Å². The molecule has 0 aromatic rings. The molecule has 2 rings (SSSR count). The molecule has 0 spiro atoms.